The molecule has 6 rings (SSSR count). The Labute approximate surface area is 257 Å². The van der Waals surface area contributed by atoms with Gasteiger partial charge >= 0.3 is 0 Å². The van der Waals surface area contributed by atoms with Gasteiger partial charge in [0, 0.05) is 53.7 Å². The van der Waals surface area contributed by atoms with E-state index >= 15 is 0 Å². The molecular formula is C36H38FN5O2. The summed E-state index contributed by atoms with van der Waals surface area (Å²) in [5, 5.41) is 8.82. The van der Waals surface area contributed by atoms with Gasteiger partial charge < -0.3 is 14.8 Å². The zero-order chi connectivity index (χ0) is 31.0. The molecule has 0 unspecified atom stereocenters. The number of rotatable bonds is 7. The van der Waals surface area contributed by atoms with Gasteiger partial charge in [-0.3, -0.25) is 14.3 Å². The Balaban J connectivity index is 1.20. The average Bonchev–Trinajstić information content (AvgIpc) is 3.60. The molecule has 2 aromatic heterocycles. The van der Waals surface area contributed by atoms with Gasteiger partial charge in [-0.15, -0.1) is 0 Å². The number of benzene rings is 3. The number of anilines is 2. The number of piperidine rings is 1. The molecule has 3 aromatic carbocycles. The largest absolute Gasteiger partial charge is 0.372 e. The first-order valence-corrected chi connectivity index (χ1v) is 15.2. The number of nitrogens with zero attached hydrogens (tertiary/aromatic N) is 4. The molecule has 0 spiro atoms. The van der Waals surface area contributed by atoms with Crippen molar-refractivity contribution in [2.24, 2.45) is 5.92 Å². The number of aldehydes is 1. The highest BCUT2D eigenvalue weighted by molar-refractivity contribution is 6.08. The van der Waals surface area contributed by atoms with Crippen LogP contribution in [0.3, 0.4) is 0 Å². The monoisotopic (exact) mass is 591 g/mol. The van der Waals surface area contributed by atoms with Gasteiger partial charge in [-0.05, 0) is 113 Å². The summed E-state index contributed by atoms with van der Waals surface area (Å²) in [6, 6.07) is 20.0. The summed E-state index contributed by atoms with van der Waals surface area (Å²) in [5.74, 6) is -0.0538. The van der Waals surface area contributed by atoms with E-state index in [9.17, 15) is 14.0 Å². The number of aromatic nitrogens is 3. The summed E-state index contributed by atoms with van der Waals surface area (Å²) < 4.78 is 17.9. The van der Waals surface area contributed by atoms with E-state index in [-0.39, 0.29) is 17.3 Å². The van der Waals surface area contributed by atoms with Gasteiger partial charge in [0.15, 0.2) is 0 Å². The Morgan fingerprint density at radius 2 is 1.73 bits per heavy atom. The van der Waals surface area contributed by atoms with Crippen LogP contribution in [0.1, 0.15) is 59.9 Å². The Morgan fingerprint density at radius 1 is 1.02 bits per heavy atom. The van der Waals surface area contributed by atoms with Crippen molar-refractivity contribution in [3.63, 3.8) is 0 Å². The third-order valence-corrected chi connectivity index (χ3v) is 8.57. The fourth-order valence-corrected chi connectivity index (χ4v) is 6.23. The van der Waals surface area contributed by atoms with E-state index in [4.69, 9.17) is 0 Å². The molecule has 1 saturated heterocycles. The lowest BCUT2D eigenvalue weighted by Crippen LogP contribution is -2.34. The van der Waals surface area contributed by atoms with Gasteiger partial charge in [-0.25, -0.2) is 4.39 Å². The van der Waals surface area contributed by atoms with Crippen LogP contribution in [0.4, 0.5) is 15.8 Å². The van der Waals surface area contributed by atoms with Crippen LogP contribution < -0.4 is 10.2 Å². The first kappa shape index (κ1) is 29.4. The van der Waals surface area contributed by atoms with Gasteiger partial charge in [0.25, 0.3) is 5.91 Å². The Kier molecular flexibility index (Phi) is 7.84. The number of nitrogens with one attached hydrogen (secondary N) is 1. The van der Waals surface area contributed by atoms with Crippen LogP contribution in [0.15, 0.2) is 79.1 Å². The highest BCUT2D eigenvalue weighted by Gasteiger charge is 2.26. The molecule has 0 bridgehead atoms. The minimum Gasteiger partial charge on any atom is -0.372 e. The van der Waals surface area contributed by atoms with E-state index < -0.39 is 0 Å². The summed E-state index contributed by atoms with van der Waals surface area (Å²) in [4.78, 5) is 27.1. The molecule has 5 aromatic rings. The molecular weight excluding hydrogens is 553 g/mol. The number of aryl methyl sites for hydroxylation is 1. The standard InChI is InChI=1S/C36H38FN5O2/c1-24-21-41(22-25-15-17-40(18-16-25)30-12-5-26(23-43)6-13-30)33-19-29(11-14-31(24)33)39-35(44)32-20-38-42(36(2,3)4)34(32)27-7-9-28(37)10-8-27/h5-14,19-21,23,25H,15-18,22H2,1-4H3,(H,39,44). The van der Waals surface area contributed by atoms with Crippen LogP contribution in [0, 0.1) is 18.7 Å². The summed E-state index contributed by atoms with van der Waals surface area (Å²) >= 11 is 0. The zero-order valence-electron chi connectivity index (χ0n) is 25.7. The first-order valence-electron chi connectivity index (χ1n) is 15.2. The third-order valence-electron chi connectivity index (χ3n) is 8.57. The molecule has 44 heavy (non-hydrogen) atoms. The van der Waals surface area contributed by atoms with Gasteiger partial charge in [0.05, 0.1) is 28.5 Å². The van der Waals surface area contributed by atoms with Gasteiger partial charge in [0.1, 0.15) is 12.1 Å². The van der Waals surface area contributed by atoms with Crippen LogP contribution in [0.25, 0.3) is 22.2 Å². The van der Waals surface area contributed by atoms with Crippen LogP contribution in [0.5, 0.6) is 0 Å². The number of fused-ring (bicyclic) bond motifs is 1. The third kappa shape index (κ3) is 5.89. The molecule has 1 aliphatic heterocycles. The minimum absolute atomic E-state index is 0.262. The molecule has 0 atom stereocenters. The van der Waals surface area contributed by atoms with Crippen LogP contribution in [0.2, 0.25) is 0 Å². The van der Waals surface area contributed by atoms with Crippen molar-refractivity contribution in [3.05, 3.63) is 102 Å². The van der Waals surface area contributed by atoms with Crippen molar-refractivity contribution < 1.29 is 14.0 Å². The molecule has 0 saturated carbocycles. The van der Waals surface area contributed by atoms with Crippen molar-refractivity contribution in [1.29, 1.82) is 0 Å². The van der Waals surface area contributed by atoms with E-state index in [2.05, 4.69) is 45.1 Å². The molecule has 0 aliphatic carbocycles. The lowest BCUT2D eigenvalue weighted by molar-refractivity contribution is 0.102. The van der Waals surface area contributed by atoms with Crippen LogP contribution >= 0.6 is 0 Å². The lowest BCUT2D eigenvalue weighted by atomic mass is 9.96. The smallest absolute Gasteiger partial charge is 0.259 e. The van der Waals surface area contributed by atoms with Crippen molar-refractivity contribution >= 4 is 34.5 Å². The molecule has 3 heterocycles. The molecule has 1 aliphatic rings. The predicted octanol–water partition coefficient (Wildman–Crippen LogP) is 7.69. The van der Waals surface area contributed by atoms with E-state index in [0.29, 0.717) is 28.4 Å². The van der Waals surface area contributed by atoms with E-state index in [1.807, 2.05) is 55.8 Å². The maximum atomic E-state index is 13.7. The summed E-state index contributed by atoms with van der Waals surface area (Å²) in [6.45, 7) is 11.1. The highest BCUT2D eigenvalue weighted by atomic mass is 19.1. The molecule has 1 amide bonds. The van der Waals surface area contributed by atoms with Crippen molar-refractivity contribution in [3.8, 4) is 11.3 Å². The van der Waals surface area contributed by atoms with Gasteiger partial charge in [-0.1, -0.05) is 6.07 Å². The number of carbonyl (C=O) groups is 2. The van der Waals surface area contributed by atoms with Gasteiger partial charge in [0.2, 0.25) is 0 Å². The number of hydrogen-bond donors (Lipinski definition) is 1. The average molecular weight is 592 g/mol. The molecule has 1 N–H and O–H groups in total. The Morgan fingerprint density at radius 3 is 2.39 bits per heavy atom. The minimum atomic E-state index is -0.378. The summed E-state index contributed by atoms with van der Waals surface area (Å²) in [5.41, 5.74) is 6.31. The number of hydrogen-bond acceptors (Lipinski definition) is 4. The number of halogens is 1. The number of carbonyl (C=O) groups excluding carboxylic acids is 2. The fraction of sp³-hybridized carbons (Fsp3) is 0.306. The fourth-order valence-electron chi connectivity index (χ4n) is 6.23. The van der Waals surface area contributed by atoms with Crippen LogP contribution in [-0.2, 0) is 12.1 Å². The second-order valence-electron chi connectivity index (χ2n) is 12.8. The Bertz CT molecular complexity index is 1800. The second-order valence-corrected chi connectivity index (χ2v) is 12.8. The normalized spacial score (nSPS) is 14.2. The molecule has 0 radical (unpaired) electrons. The van der Waals surface area contributed by atoms with E-state index in [1.165, 1.54) is 23.1 Å². The quantitative estimate of drug-likeness (QED) is 0.197. The van der Waals surface area contributed by atoms with Crippen molar-refractivity contribution in [1.82, 2.24) is 14.3 Å². The molecule has 226 valence electrons. The summed E-state index contributed by atoms with van der Waals surface area (Å²) in [6.07, 6.45) is 6.83. The lowest BCUT2D eigenvalue weighted by Gasteiger charge is -2.34. The number of amides is 1. The Hall–Kier alpha value is -4.72. The molecule has 7 nitrogen and oxygen atoms in total. The van der Waals surface area contributed by atoms with Crippen molar-refractivity contribution in [2.75, 3.05) is 23.3 Å². The zero-order valence-corrected chi connectivity index (χ0v) is 25.7. The maximum absolute atomic E-state index is 13.7. The first-order chi connectivity index (χ1) is 21.1. The predicted molar refractivity (Wildman–Crippen MR) is 174 cm³/mol. The topological polar surface area (TPSA) is 72.2 Å². The van der Waals surface area contributed by atoms with E-state index in [0.717, 1.165) is 55.5 Å². The van der Waals surface area contributed by atoms with E-state index in [1.54, 1.807) is 18.3 Å². The highest BCUT2D eigenvalue weighted by Crippen LogP contribution is 2.32. The molecule has 8 heteroatoms. The second kappa shape index (κ2) is 11.8. The molecule has 1 fully saturated rings. The van der Waals surface area contributed by atoms with Gasteiger partial charge in [-0.2, -0.15) is 5.10 Å². The van der Waals surface area contributed by atoms with Crippen LogP contribution in [-0.4, -0.2) is 39.6 Å². The summed E-state index contributed by atoms with van der Waals surface area (Å²) in [7, 11) is 0. The SMILES string of the molecule is Cc1cn(CC2CCN(c3ccc(C=O)cc3)CC2)c2cc(NC(=O)c3cnn(C(C)(C)C)c3-c3ccc(F)cc3)ccc12. The van der Waals surface area contributed by atoms with Crippen molar-refractivity contribution in [2.45, 2.75) is 52.6 Å². The maximum Gasteiger partial charge on any atom is 0.259 e.